The fraction of sp³-hybridized carbons (Fsp3) is 0.308. The minimum Gasteiger partial charge on any atom is -0.508 e. The molecule has 1 aromatic carbocycles. The predicted molar refractivity (Wildman–Crippen MR) is 70.2 cm³/mol. The van der Waals surface area contributed by atoms with Crippen molar-refractivity contribution in [2.24, 2.45) is 0 Å². The van der Waals surface area contributed by atoms with Gasteiger partial charge < -0.3 is 10.4 Å². The van der Waals surface area contributed by atoms with Crippen LogP contribution in [-0.2, 0) is 6.54 Å². The van der Waals surface area contributed by atoms with Crippen LogP contribution in [0.1, 0.15) is 28.4 Å². The van der Waals surface area contributed by atoms with Gasteiger partial charge in [-0.25, -0.2) is 4.98 Å². The van der Waals surface area contributed by atoms with Crippen LogP contribution in [0.5, 0.6) is 5.75 Å². The number of nitrogens with one attached hydrogen (secondary N) is 1. The number of rotatable bonds is 4. The van der Waals surface area contributed by atoms with E-state index in [2.05, 4.69) is 24.1 Å². The van der Waals surface area contributed by atoms with Crippen LogP contribution < -0.4 is 5.32 Å². The van der Waals surface area contributed by atoms with Crippen molar-refractivity contribution in [3.8, 4) is 5.75 Å². The summed E-state index contributed by atoms with van der Waals surface area (Å²) in [4.78, 5) is 5.58. The van der Waals surface area contributed by atoms with Gasteiger partial charge in [0.25, 0.3) is 0 Å². The van der Waals surface area contributed by atoms with Gasteiger partial charge in [-0.3, -0.25) is 0 Å². The Bertz CT molecular complexity index is 496. The highest BCUT2D eigenvalue weighted by Gasteiger charge is 2.08. The number of thiazole rings is 1. The molecule has 0 spiro atoms. The van der Waals surface area contributed by atoms with Crippen LogP contribution in [0.15, 0.2) is 30.5 Å². The van der Waals surface area contributed by atoms with E-state index in [-0.39, 0.29) is 6.04 Å². The third-order valence-electron chi connectivity index (χ3n) is 2.53. The van der Waals surface area contributed by atoms with Crippen molar-refractivity contribution in [1.82, 2.24) is 10.3 Å². The van der Waals surface area contributed by atoms with Gasteiger partial charge >= 0.3 is 0 Å². The lowest BCUT2D eigenvalue weighted by atomic mass is 10.2. The Hall–Kier alpha value is -1.39. The zero-order chi connectivity index (χ0) is 12.3. The summed E-state index contributed by atoms with van der Waals surface area (Å²) in [5.74, 6) is 0.307. The molecule has 1 unspecified atom stereocenters. The minimum absolute atomic E-state index is 0.232. The summed E-state index contributed by atoms with van der Waals surface area (Å²) in [6, 6.07) is 7.53. The molecule has 0 aliphatic carbocycles. The second kappa shape index (κ2) is 5.29. The normalized spacial score (nSPS) is 12.6. The van der Waals surface area contributed by atoms with Gasteiger partial charge in [0, 0.05) is 17.6 Å². The fourth-order valence-corrected chi connectivity index (χ4v) is 2.40. The van der Waals surface area contributed by atoms with Gasteiger partial charge in [-0.15, -0.1) is 11.3 Å². The van der Waals surface area contributed by atoms with Crippen LogP contribution in [0.3, 0.4) is 0 Å². The van der Waals surface area contributed by atoms with E-state index >= 15 is 0 Å². The van der Waals surface area contributed by atoms with Crippen molar-refractivity contribution in [2.75, 3.05) is 0 Å². The van der Waals surface area contributed by atoms with E-state index in [0.29, 0.717) is 5.75 Å². The molecule has 0 saturated heterocycles. The number of phenols is 1. The van der Waals surface area contributed by atoms with Crippen LogP contribution in [0.25, 0.3) is 0 Å². The average molecular weight is 248 g/mol. The van der Waals surface area contributed by atoms with Gasteiger partial charge in [0.15, 0.2) is 0 Å². The molecule has 2 rings (SSSR count). The molecule has 3 nitrogen and oxygen atoms in total. The maximum atomic E-state index is 9.36. The Kier molecular flexibility index (Phi) is 3.76. The van der Waals surface area contributed by atoms with E-state index < -0.39 is 0 Å². The lowest BCUT2D eigenvalue weighted by Crippen LogP contribution is -2.17. The first-order chi connectivity index (χ1) is 8.15. The maximum absolute atomic E-state index is 9.36. The highest BCUT2D eigenvalue weighted by atomic mass is 32.1. The van der Waals surface area contributed by atoms with E-state index in [9.17, 15) is 5.11 Å². The van der Waals surface area contributed by atoms with Gasteiger partial charge in [-0.1, -0.05) is 12.1 Å². The first kappa shape index (κ1) is 12.1. The lowest BCUT2D eigenvalue weighted by molar-refractivity contribution is 0.473. The molecular weight excluding hydrogens is 232 g/mol. The quantitative estimate of drug-likeness (QED) is 0.874. The third kappa shape index (κ3) is 3.28. The standard InChI is InChI=1S/C13H16N2OS/c1-9-7-15-13(17-9)10(2)14-8-11-4-3-5-12(16)6-11/h3-7,10,14,16H,8H2,1-2H3. The van der Waals surface area contributed by atoms with Gasteiger partial charge in [-0.2, -0.15) is 0 Å². The molecule has 0 aliphatic rings. The number of aryl methyl sites for hydroxylation is 1. The number of aromatic nitrogens is 1. The topological polar surface area (TPSA) is 45.2 Å². The molecule has 0 fully saturated rings. The van der Waals surface area contributed by atoms with Crippen LogP contribution >= 0.6 is 11.3 Å². The fourth-order valence-electron chi connectivity index (χ4n) is 1.60. The summed E-state index contributed by atoms with van der Waals surface area (Å²) in [6.45, 7) is 4.89. The molecule has 1 aromatic heterocycles. The third-order valence-corrected chi connectivity index (χ3v) is 3.63. The minimum atomic E-state index is 0.232. The summed E-state index contributed by atoms with van der Waals surface area (Å²) in [6.07, 6.45) is 1.90. The van der Waals surface area contributed by atoms with Crippen molar-refractivity contribution in [2.45, 2.75) is 26.4 Å². The van der Waals surface area contributed by atoms with Gasteiger partial charge in [0.1, 0.15) is 10.8 Å². The van der Waals surface area contributed by atoms with E-state index in [1.54, 1.807) is 23.5 Å². The summed E-state index contributed by atoms with van der Waals surface area (Å²) in [5.41, 5.74) is 1.07. The van der Waals surface area contributed by atoms with Gasteiger partial charge in [0.2, 0.25) is 0 Å². The Morgan fingerprint density at radius 2 is 2.29 bits per heavy atom. The second-order valence-electron chi connectivity index (χ2n) is 4.08. The summed E-state index contributed by atoms with van der Waals surface area (Å²) in [5, 5.41) is 13.9. The molecule has 1 atom stereocenters. The molecule has 4 heteroatoms. The predicted octanol–water partition coefficient (Wildman–Crippen LogP) is 3.01. The van der Waals surface area contributed by atoms with Crippen molar-refractivity contribution in [3.63, 3.8) is 0 Å². The number of hydrogen-bond acceptors (Lipinski definition) is 4. The molecule has 90 valence electrons. The van der Waals surface area contributed by atoms with Gasteiger partial charge in [-0.05, 0) is 31.5 Å². The van der Waals surface area contributed by atoms with Crippen molar-refractivity contribution < 1.29 is 5.11 Å². The van der Waals surface area contributed by atoms with Crippen LogP contribution in [0, 0.1) is 6.92 Å². The highest BCUT2D eigenvalue weighted by molar-refractivity contribution is 7.11. The monoisotopic (exact) mass is 248 g/mol. The second-order valence-corrected chi connectivity index (χ2v) is 5.35. The summed E-state index contributed by atoms with van der Waals surface area (Å²) >= 11 is 1.71. The SMILES string of the molecule is Cc1cnc(C(C)NCc2cccc(O)c2)s1. The molecule has 0 amide bonds. The first-order valence-corrected chi connectivity index (χ1v) is 6.40. The Balaban J connectivity index is 1.94. The summed E-state index contributed by atoms with van der Waals surface area (Å²) in [7, 11) is 0. The van der Waals surface area contributed by atoms with Crippen molar-refractivity contribution in [1.29, 1.82) is 0 Å². The molecule has 2 N–H and O–H groups in total. The summed E-state index contributed by atoms with van der Waals surface area (Å²) < 4.78 is 0. The number of phenolic OH excluding ortho intramolecular Hbond substituents is 1. The van der Waals surface area contributed by atoms with E-state index in [1.165, 1.54) is 4.88 Å². The average Bonchev–Trinajstić information content (AvgIpc) is 2.73. The first-order valence-electron chi connectivity index (χ1n) is 5.59. The van der Waals surface area contributed by atoms with Crippen LogP contribution in [0.2, 0.25) is 0 Å². The molecule has 0 saturated carbocycles. The molecule has 0 aliphatic heterocycles. The van der Waals surface area contributed by atoms with Gasteiger partial charge in [0.05, 0.1) is 6.04 Å². The molecule has 0 bridgehead atoms. The lowest BCUT2D eigenvalue weighted by Gasteiger charge is -2.11. The number of benzene rings is 1. The van der Waals surface area contributed by atoms with Crippen LogP contribution in [0.4, 0.5) is 0 Å². The molecule has 2 aromatic rings. The molecule has 0 radical (unpaired) electrons. The Morgan fingerprint density at radius 3 is 2.94 bits per heavy atom. The van der Waals surface area contributed by atoms with Crippen molar-refractivity contribution in [3.05, 3.63) is 45.9 Å². The zero-order valence-electron chi connectivity index (χ0n) is 9.97. The number of hydrogen-bond donors (Lipinski definition) is 2. The number of aromatic hydroxyl groups is 1. The number of nitrogens with zero attached hydrogens (tertiary/aromatic N) is 1. The van der Waals surface area contributed by atoms with E-state index in [1.807, 2.05) is 18.3 Å². The van der Waals surface area contributed by atoms with E-state index in [0.717, 1.165) is 17.1 Å². The van der Waals surface area contributed by atoms with E-state index in [4.69, 9.17) is 0 Å². The molecule has 17 heavy (non-hydrogen) atoms. The Labute approximate surface area is 105 Å². The molecule has 1 heterocycles. The largest absolute Gasteiger partial charge is 0.508 e. The van der Waals surface area contributed by atoms with Crippen molar-refractivity contribution >= 4 is 11.3 Å². The zero-order valence-corrected chi connectivity index (χ0v) is 10.8. The smallest absolute Gasteiger partial charge is 0.115 e. The molecular formula is C13H16N2OS. The van der Waals surface area contributed by atoms with Crippen LogP contribution in [-0.4, -0.2) is 10.1 Å². The highest BCUT2D eigenvalue weighted by Crippen LogP contribution is 2.19. The Morgan fingerprint density at radius 1 is 1.47 bits per heavy atom. The maximum Gasteiger partial charge on any atom is 0.115 e.